The molecule has 0 bridgehead atoms. The summed E-state index contributed by atoms with van der Waals surface area (Å²) in [6.45, 7) is 4.65. The number of rotatable bonds is 4. The van der Waals surface area contributed by atoms with Gasteiger partial charge in [0.2, 0.25) is 0 Å². The maximum Gasteiger partial charge on any atom is 0.164 e. The smallest absolute Gasteiger partial charge is 0.164 e. The van der Waals surface area contributed by atoms with Crippen LogP contribution in [0.3, 0.4) is 0 Å². The third-order valence-corrected chi connectivity index (χ3v) is 3.68. The molecule has 2 heterocycles. The predicted octanol–water partition coefficient (Wildman–Crippen LogP) is 3.99. The molecule has 0 aliphatic heterocycles. The highest BCUT2D eigenvalue weighted by molar-refractivity contribution is 5.95. The first-order valence-corrected chi connectivity index (χ1v) is 7.21. The van der Waals surface area contributed by atoms with Gasteiger partial charge in [0.25, 0.3) is 0 Å². The van der Waals surface area contributed by atoms with Crippen LogP contribution in [-0.4, -0.2) is 15.3 Å². The van der Waals surface area contributed by atoms with Crippen molar-refractivity contribution in [1.82, 2.24) is 9.55 Å². The Balaban J connectivity index is 1.98. The molecule has 2 aromatic heterocycles. The molecule has 0 N–H and O–H groups in total. The molecular weight excluding hydrogens is 260 g/mol. The lowest BCUT2D eigenvalue weighted by molar-refractivity contribution is 0.0988. The van der Waals surface area contributed by atoms with Crippen LogP contribution in [0.1, 0.15) is 35.0 Å². The van der Waals surface area contributed by atoms with Crippen LogP contribution < -0.4 is 0 Å². The van der Waals surface area contributed by atoms with Crippen molar-refractivity contribution < 1.29 is 4.79 Å². The third kappa shape index (κ3) is 2.72. The van der Waals surface area contributed by atoms with Crippen molar-refractivity contribution in [3.63, 3.8) is 0 Å². The standard InChI is InChI=1S/C18H18N2O/c1-3-18(21)14-8-9-20(11-14)12-15-10-13(2)19-17-7-5-4-6-16(15)17/h4-11H,3,12H2,1-2H3. The predicted molar refractivity (Wildman–Crippen MR) is 84.6 cm³/mol. The zero-order valence-corrected chi connectivity index (χ0v) is 12.3. The Morgan fingerprint density at radius 3 is 2.86 bits per heavy atom. The zero-order chi connectivity index (χ0) is 14.8. The SMILES string of the molecule is CCC(=O)c1ccn(Cc2cc(C)nc3ccccc23)c1. The molecule has 3 rings (SSSR count). The summed E-state index contributed by atoms with van der Waals surface area (Å²) in [5, 5.41) is 1.17. The molecule has 0 aliphatic carbocycles. The number of benzene rings is 1. The summed E-state index contributed by atoms with van der Waals surface area (Å²) in [6, 6.07) is 12.2. The van der Waals surface area contributed by atoms with E-state index in [0.29, 0.717) is 6.42 Å². The number of fused-ring (bicyclic) bond motifs is 1. The average Bonchev–Trinajstić information content (AvgIpc) is 2.95. The number of para-hydroxylation sites is 1. The third-order valence-electron chi connectivity index (χ3n) is 3.68. The zero-order valence-electron chi connectivity index (χ0n) is 12.3. The molecule has 106 valence electrons. The lowest BCUT2D eigenvalue weighted by Crippen LogP contribution is -2.00. The number of ketones is 1. The van der Waals surface area contributed by atoms with E-state index in [-0.39, 0.29) is 5.78 Å². The first-order valence-electron chi connectivity index (χ1n) is 7.21. The maximum atomic E-state index is 11.7. The molecule has 3 aromatic rings. The van der Waals surface area contributed by atoms with Gasteiger partial charge < -0.3 is 4.57 Å². The van der Waals surface area contributed by atoms with Gasteiger partial charge in [0.05, 0.1) is 5.52 Å². The summed E-state index contributed by atoms with van der Waals surface area (Å²) in [5.74, 6) is 0.185. The largest absolute Gasteiger partial charge is 0.349 e. The van der Waals surface area contributed by atoms with E-state index >= 15 is 0 Å². The average molecular weight is 278 g/mol. The van der Waals surface area contributed by atoms with Crippen LogP contribution in [0.5, 0.6) is 0 Å². The van der Waals surface area contributed by atoms with E-state index in [4.69, 9.17) is 0 Å². The second-order valence-electron chi connectivity index (χ2n) is 5.29. The van der Waals surface area contributed by atoms with Gasteiger partial charge >= 0.3 is 0 Å². The summed E-state index contributed by atoms with van der Waals surface area (Å²) in [7, 11) is 0. The van der Waals surface area contributed by atoms with Crippen LogP contribution in [0.4, 0.5) is 0 Å². The van der Waals surface area contributed by atoms with Crippen LogP contribution in [0.2, 0.25) is 0 Å². The summed E-state index contributed by atoms with van der Waals surface area (Å²) in [6.07, 6.45) is 4.44. The van der Waals surface area contributed by atoms with Gasteiger partial charge in [-0.05, 0) is 30.7 Å². The van der Waals surface area contributed by atoms with E-state index in [2.05, 4.69) is 21.7 Å². The molecule has 0 atom stereocenters. The Hall–Kier alpha value is -2.42. The van der Waals surface area contributed by atoms with Crippen molar-refractivity contribution in [2.24, 2.45) is 0 Å². The van der Waals surface area contributed by atoms with Gasteiger partial charge in [0.15, 0.2) is 5.78 Å². The number of aromatic nitrogens is 2. The minimum atomic E-state index is 0.185. The molecule has 3 nitrogen and oxygen atoms in total. The van der Waals surface area contributed by atoms with Crippen LogP contribution in [0.25, 0.3) is 10.9 Å². The highest BCUT2D eigenvalue weighted by Gasteiger charge is 2.07. The molecule has 0 saturated heterocycles. The van der Waals surface area contributed by atoms with Crippen molar-refractivity contribution in [3.8, 4) is 0 Å². The molecule has 0 aliphatic rings. The number of aryl methyl sites for hydroxylation is 1. The molecule has 0 saturated carbocycles. The van der Waals surface area contributed by atoms with E-state index in [1.807, 2.05) is 50.5 Å². The Morgan fingerprint density at radius 2 is 2.05 bits per heavy atom. The van der Waals surface area contributed by atoms with Crippen LogP contribution in [0, 0.1) is 6.92 Å². The fourth-order valence-electron chi connectivity index (χ4n) is 2.63. The van der Waals surface area contributed by atoms with E-state index in [1.165, 1.54) is 10.9 Å². The van der Waals surface area contributed by atoms with Gasteiger partial charge in [-0.2, -0.15) is 0 Å². The molecular formula is C18H18N2O. The fraction of sp³-hybridized carbons (Fsp3) is 0.222. The highest BCUT2D eigenvalue weighted by Crippen LogP contribution is 2.19. The van der Waals surface area contributed by atoms with Gasteiger partial charge in [0.1, 0.15) is 0 Å². The topological polar surface area (TPSA) is 34.9 Å². The van der Waals surface area contributed by atoms with Crippen molar-refractivity contribution in [1.29, 1.82) is 0 Å². The van der Waals surface area contributed by atoms with Crippen molar-refractivity contribution >= 4 is 16.7 Å². The summed E-state index contributed by atoms with van der Waals surface area (Å²) in [4.78, 5) is 16.3. The van der Waals surface area contributed by atoms with E-state index in [0.717, 1.165) is 23.3 Å². The summed E-state index contributed by atoms with van der Waals surface area (Å²) >= 11 is 0. The number of carbonyl (C=O) groups excluding carboxylic acids is 1. The summed E-state index contributed by atoms with van der Waals surface area (Å²) < 4.78 is 2.06. The van der Waals surface area contributed by atoms with Gasteiger partial charge in [-0.25, -0.2) is 0 Å². The van der Waals surface area contributed by atoms with Gasteiger partial charge in [-0.1, -0.05) is 25.1 Å². The number of pyridine rings is 1. The lowest BCUT2D eigenvalue weighted by atomic mass is 10.1. The molecule has 21 heavy (non-hydrogen) atoms. The number of nitrogens with zero attached hydrogens (tertiary/aromatic N) is 2. The molecule has 1 aromatic carbocycles. The molecule has 3 heteroatoms. The van der Waals surface area contributed by atoms with Crippen molar-refractivity contribution in [2.75, 3.05) is 0 Å². The number of Topliss-reactive ketones (excluding diaryl/α,β-unsaturated/α-hetero) is 1. The second kappa shape index (κ2) is 5.52. The van der Waals surface area contributed by atoms with E-state index in [1.54, 1.807) is 0 Å². The number of carbonyl (C=O) groups is 1. The Morgan fingerprint density at radius 1 is 1.24 bits per heavy atom. The normalized spacial score (nSPS) is 11.0. The van der Waals surface area contributed by atoms with Gasteiger partial charge in [-0.3, -0.25) is 9.78 Å². The second-order valence-corrected chi connectivity index (χ2v) is 5.29. The van der Waals surface area contributed by atoms with Crippen LogP contribution >= 0.6 is 0 Å². The molecule has 0 fully saturated rings. The molecule has 0 radical (unpaired) electrons. The van der Waals surface area contributed by atoms with Gasteiger partial charge in [0, 0.05) is 42.0 Å². The van der Waals surface area contributed by atoms with Crippen molar-refractivity contribution in [2.45, 2.75) is 26.8 Å². The minimum absolute atomic E-state index is 0.185. The molecule has 0 unspecified atom stereocenters. The Labute approximate surface area is 124 Å². The van der Waals surface area contributed by atoms with Crippen LogP contribution in [-0.2, 0) is 6.54 Å². The van der Waals surface area contributed by atoms with Crippen molar-refractivity contribution in [3.05, 3.63) is 65.6 Å². The Bertz CT molecular complexity index is 802. The van der Waals surface area contributed by atoms with Crippen LogP contribution in [0.15, 0.2) is 48.8 Å². The maximum absolute atomic E-state index is 11.7. The first kappa shape index (κ1) is 13.6. The molecule has 0 spiro atoms. The Kier molecular flexibility index (Phi) is 3.57. The van der Waals surface area contributed by atoms with E-state index < -0.39 is 0 Å². The summed E-state index contributed by atoms with van der Waals surface area (Å²) in [5.41, 5.74) is 4.04. The van der Waals surface area contributed by atoms with Gasteiger partial charge in [-0.15, -0.1) is 0 Å². The monoisotopic (exact) mass is 278 g/mol. The lowest BCUT2D eigenvalue weighted by Gasteiger charge is -2.09. The number of hydrogen-bond donors (Lipinski definition) is 0. The number of hydrogen-bond acceptors (Lipinski definition) is 2. The quantitative estimate of drug-likeness (QED) is 0.676. The van der Waals surface area contributed by atoms with E-state index in [9.17, 15) is 4.79 Å². The molecule has 0 amide bonds. The minimum Gasteiger partial charge on any atom is -0.349 e. The highest BCUT2D eigenvalue weighted by atomic mass is 16.1. The first-order chi connectivity index (χ1) is 10.2. The fourth-order valence-corrected chi connectivity index (χ4v) is 2.63.